The summed E-state index contributed by atoms with van der Waals surface area (Å²) < 4.78 is 13.3. The lowest BCUT2D eigenvalue weighted by Gasteiger charge is -2.09. The summed E-state index contributed by atoms with van der Waals surface area (Å²) in [5, 5.41) is 2.76. The Kier molecular flexibility index (Phi) is 4.00. The fourth-order valence-electron chi connectivity index (χ4n) is 1.71. The van der Waals surface area contributed by atoms with Crippen LogP contribution in [0.2, 0.25) is 0 Å². The molecule has 0 bridgehead atoms. The lowest BCUT2D eigenvalue weighted by molar-refractivity contribution is -0.120. The summed E-state index contributed by atoms with van der Waals surface area (Å²) in [5.74, 6) is 0.0269. The molecule has 0 spiro atoms. The predicted octanol–water partition coefficient (Wildman–Crippen LogP) is 2.50. The first-order valence-electron chi connectivity index (χ1n) is 5.81. The van der Waals surface area contributed by atoms with Gasteiger partial charge in [-0.1, -0.05) is 18.2 Å². The Bertz CT molecular complexity index is 406. The zero-order chi connectivity index (χ0) is 12.3. The monoisotopic (exact) mass is 255 g/mol. The van der Waals surface area contributed by atoms with E-state index in [1.807, 2.05) is 0 Å². The van der Waals surface area contributed by atoms with E-state index in [0.29, 0.717) is 18.0 Å². The number of carbonyl (C=O) groups excluding carboxylic acids is 1. The molecule has 1 fully saturated rings. The molecular formula is C13H15ClFNO. The van der Waals surface area contributed by atoms with Crippen LogP contribution >= 0.6 is 11.6 Å². The number of halogens is 2. The largest absolute Gasteiger partial charge is 0.354 e. The maximum absolute atomic E-state index is 13.3. The van der Waals surface area contributed by atoms with Gasteiger partial charge >= 0.3 is 0 Å². The molecular weight excluding hydrogens is 241 g/mol. The summed E-state index contributed by atoms with van der Waals surface area (Å²) in [7, 11) is 0. The Balaban J connectivity index is 1.78. The van der Waals surface area contributed by atoms with E-state index >= 15 is 0 Å². The Morgan fingerprint density at radius 2 is 2.18 bits per heavy atom. The Morgan fingerprint density at radius 1 is 1.47 bits per heavy atom. The first-order valence-corrected chi connectivity index (χ1v) is 6.24. The van der Waals surface area contributed by atoms with Gasteiger partial charge in [0, 0.05) is 6.54 Å². The maximum atomic E-state index is 13.3. The molecule has 2 rings (SSSR count). The van der Waals surface area contributed by atoms with E-state index in [1.165, 1.54) is 6.07 Å². The number of nitrogens with one attached hydrogen (secondary N) is 1. The molecule has 0 saturated heterocycles. The molecule has 0 radical (unpaired) electrons. The average molecular weight is 256 g/mol. The highest BCUT2D eigenvalue weighted by atomic mass is 35.5. The first kappa shape index (κ1) is 12.4. The van der Waals surface area contributed by atoms with Crippen molar-refractivity contribution in [2.24, 2.45) is 5.92 Å². The summed E-state index contributed by atoms with van der Waals surface area (Å²) in [4.78, 5) is 11.6. The standard InChI is InChI=1S/C13H15ClFNO/c14-11(9-5-6-9)8-16-13(17)7-10-3-1-2-4-12(10)15/h1-4,9,11H,5-8H2,(H,16,17). The van der Waals surface area contributed by atoms with E-state index in [1.54, 1.807) is 18.2 Å². The van der Waals surface area contributed by atoms with Gasteiger partial charge in [-0.3, -0.25) is 4.79 Å². The van der Waals surface area contributed by atoms with Gasteiger partial charge in [0.25, 0.3) is 0 Å². The van der Waals surface area contributed by atoms with E-state index in [4.69, 9.17) is 11.6 Å². The van der Waals surface area contributed by atoms with Crippen molar-refractivity contribution in [3.05, 3.63) is 35.6 Å². The van der Waals surface area contributed by atoms with Crippen LogP contribution in [0.5, 0.6) is 0 Å². The van der Waals surface area contributed by atoms with Gasteiger partial charge in [0.15, 0.2) is 0 Å². The van der Waals surface area contributed by atoms with Crippen molar-refractivity contribution >= 4 is 17.5 Å². The zero-order valence-electron chi connectivity index (χ0n) is 9.46. The van der Waals surface area contributed by atoms with Crippen LogP contribution in [0.4, 0.5) is 4.39 Å². The summed E-state index contributed by atoms with van der Waals surface area (Å²) >= 11 is 6.07. The minimum absolute atomic E-state index is 0.0135. The molecule has 0 aliphatic heterocycles. The Hall–Kier alpha value is -1.09. The summed E-state index contributed by atoms with van der Waals surface area (Å²) in [6.45, 7) is 0.472. The van der Waals surface area contributed by atoms with E-state index in [2.05, 4.69) is 5.32 Å². The molecule has 1 saturated carbocycles. The smallest absolute Gasteiger partial charge is 0.224 e. The third kappa shape index (κ3) is 3.70. The first-order chi connectivity index (χ1) is 8.16. The third-order valence-electron chi connectivity index (χ3n) is 2.94. The second-order valence-corrected chi connectivity index (χ2v) is 4.99. The highest BCUT2D eigenvalue weighted by Gasteiger charge is 2.29. The molecule has 4 heteroatoms. The number of hydrogen-bond acceptors (Lipinski definition) is 1. The zero-order valence-corrected chi connectivity index (χ0v) is 10.2. The molecule has 1 atom stereocenters. The van der Waals surface area contributed by atoms with Crippen LogP contribution in [0.3, 0.4) is 0 Å². The van der Waals surface area contributed by atoms with Crippen molar-refractivity contribution in [1.29, 1.82) is 0 Å². The second kappa shape index (κ2) is 5.50. The molecule has 1 aromatic carbocycles. The van der Waals surface area contributed by atoms with E-state index in [0.717, 1.165) is 12.8 Å². The minimum Gasteiger partial charge on any atom is -0.354 e. The number of carbonyl (C=O) groups is 1. The normalized spacial score (nSPS) is 16.6. The van der Waals surface area contributed by atoms with Gasteiger partial charge in [-0.2, -0.15) is 0 Å². The fraction of sp³-hybridized carbons (Fsp3) is 0.462. The molecule has 0 heterocycles. The molecule has 17 heavy (non-hydrogen) atoms. The molecule has 1 aliphatic rings. The van der Waals surface area contributed by atoms with Crippen molar-refractivity contribution in [2.75, 3.05) is 6.54 Å². The molecule has 0 aromatic heterocycles. The van der Waals surface area contributed by atoms with Crippen molar-refractivity contribution < 1.29 is 9.18 Å². The van der Waals surface area contributed by atoms with Gasteiger partial charge < -0.3 is 5.32 Å². The minimum atomic E-state index is -0.340. The highest BCUT2D eigenvalue weighted by Crippen LogP contribution is 2.35. The van der Waals surface area contributed by atoms with Crippen LogP contribution in [0.15, 0.2) is 24.3 Å². The number of hydrogen-bond donors (Lipinski definition) is 1. The molecule has 1 aromatic rings. The van der Waals surface area contributed by atoms with Crippen LogP contribution < -0.4 is 5.32 Å². The quantitative estimate of drug-likeness (QED) is 0.805. The number of rotatable bonds is 5. The summed E-state index contributed by atoms with van der Waals surface area (Å²) in [6.07, 6.45) is 2.37. The lowest BCUT2D eigenvalue weighted by Crippen LogP contribution is -2.31. The summed E-state index contributed by atoms with van der Waals surface area (Å²) in [6, 6.07) is 6.31. The van der Waals surface area contributed by atoms with Gasteiger partial charge in [-0.25, -0.2) is 4.39 Å². The van der Waals surface area contributed by atoms with Crippen molar-refractivity contribution in [2.45, 2.75) is 24.6 Å². The van der Waals surface area contributed by atoms with Gasteiger partial charge in [-0.05, 0) is 30.4 Å². The fourth-order valence-corrected chi connectivity index (χ4v) is 2.04. The average Bonchev–Trinajstić information content (AvgIpc) is 3.13. The summed E-state index contributed by atoms with van der Waals surface area (Å²) in [5.41, 5.74) is 0.419. The second-order valence-electron chi connectivity index (χ2n) is 4.43. The van der Waals surface area contributed by atoms with E-state index in [9.17, 15) is 9.18 Å². The van der Waals surface area contributed by atoms with Crippen LogP contribution in [0.25, 0.3) is 0 Å². The Morgan fingerprint density at radius 3 is 2.82 bits per heavy atom. The highest BCUT2D eigenvalue weighted by molar-refractivity contribution is 6.21. The van der Waals surface area contributed by atoms with Gasteiger partial charge in [0.05, 0.1) is 11.8 Å². The van der Waals surface area contributed by atoms with Crippen LogP contribution in [0.1, 0.15) is 18.4 Å². The van der Waals surface area contributed by atoms with E-state index < -0.39 is 0 Å². The molecule has 1 amide bonds. The van der Waals surface area contributed by atoms with Gasteiger partial charge in [-0.15, -0.1) is 11.6 Å². The lowest BCUT2D eigenvalue weighted by atomic mass is 10.1. The Labute approximate surface area is 105 Å². The molecule has 1 N–H and O–H groups in total. The number of benzene rings is 1. The molecule has 2 nitrogen and oxygen atoms in total. The number of alkyl halides is 1. The van der Waals surface area contributed by atoms with Crippen LogP contribution in [-0.4, -0.2) is 17.8 Å². The molecule has 92 valence electrons. The molecule has 1 aliphatic carbocycles. The van der Waals surface area contributed by atoms with Crippen LogP contribution in [-0.2, 0) is 11.2 Å². The maximum Gasteiger partial charge on any atom is 0.224 e. The van der Waals surface area contributed by atoms with Gasteiger partial charge in [0.1, 0.15) is 5.82 Å². The van der Waals surface area contributed by atoms with Gasteiger partial charge in [0.2, 0.25) is 5.91 Å². The molecule has 1 unspecified atom stereocenters. The number of amides is 1. The van der Waals surface area contributed by atoms with Crippen molar-refractivity contribution in [1.82, 2.24) is 5.32 Å². The predicted molar refractivity (Wildman–Crippen MR) is 65.5 cm³/mol. The van der Waals surface area contributed by atoms with Crippen molar-refractivity contribution in [3.8, 4) is 0 Å². The SMILES string of the molecule is O=C(Cc1ccccc1F)NCC(Cl)C1CC1. The van der Waals surface area contributed by atoms with E-state index in [-0.39, 0.29) is 23.5 Å². The third-order valence-corrected chi connectivity index (χ3v) is 3.45. The topological polar surface area (TPSA) is 29.1 Å². The van der Waals surface area contributed by atoms with Crippen LogP contribution in [0, 0.1) is 11.7 Å². The van der Waals surface area contributed by atoms with Crippen molar-refractivity contribution in [3.63, 3.8) is 0 Å².